The molecular formula is C24H23ClN4O2S. The lowest BCUT2D eigenvalue weighted by Gasteiger charge is -2.15. The Kier molecular flexibility index (Phi) is 6.67. The Morgan fingerprint density at radius 2 is 1.84 bits per heavy atom. The van der Waals surface area contributed by atoms with Gasteiger partial charge >= 0.3 is 0 Å². The Bertz CT molecular complexity index is 1230. The van der Waals surface area contributed by atoms with E-state index in [9.17, 15) is 4.79 Å². The summed E-state index contributed by atoms with van der Waals surface area (Å²) in [4.78, 5) is 14.3. The molecule has 0 aliphatic carbocycles. The second-order valence-corrected chi connectivity index (χ2v) is 8.87. The lowest BCUT2D eigenvalue weighted by Crippen LogP contribution is -2.27. The Morgan fingerprint density at radius 3 is 2.59 bits per heavy atom. The van der Waals surface area contributed by atoms with Crippen LogP contribution in [-0.4, -0.2) is 38.4 Å². The summed E-state index contributed by atoms with van der Waals surface area (Å²) < 4.78 is 7.83. The molecule has 0 bridgehead atoms. The van der Waals surface area contributed by atoms with Crippen LogP contribution in [0, 0.1) is 6.92 Å². The number of halogens is 1. The molecular weight excluding hydrogens is 444 g/mol. The van der Waals surface area contributed by atoms with E-state index < -0.39 is 0 Å². The number of benzene rings is 2. The van der Waals surface area contributed by atoms with Crippen molar-refractivity contribution in [2.45, 2.75) is 18.6 Å². The molecule has 8 heteroatoms. The number of carbonyl (C=O) groups excluding carboxylic acids is 1. The van der Waals surface area contributed by atoms with Gasteiger partial charge in [-0.05, 0) is 48.9 Å². The zero-order valence-electron chi connectivity index (χ0n) is 18.1. The largest absolute Gasteiger partial charge is 0.459 e. The van der Waals surface area contributed by atoms with Crippen molar-refractivity contribution in [3.05, 3.63) is 77.0 Å². The summed E-state index contributed by atoms with van der Waals surface area (Å²) >= 11 is 7.32. The number of nitrogens with zero attached hydrogens (tertiary/aromatic N) is 4. The van der Waals surface area contributed by atoms with Crippen molar-refractivity contribution in [2.24, 2.45) is 7.05 Å². The van der Waals surface area contributed by atoms with Gasteiger partial charge in [0.05, 0.1) is 12.3 Å². The Morgan fingerprint density at radius 1 is 1.09 bits per heavy atom. The van der Waals surface area contributed by atoms with Gasteiger partial charge in [-0.2, -0.15) is 0 Å². The van der Waals surface area contributed by atoms with Crippen LogP contribution in [0.15, 0.2) is 70.2 Å². The minimum absolute atomic E-state index is 0.0140. The highest BCUT2D eigenvalue weighted by atomic mass is 35.5. The van der Waals surface area contributed by atoms with Crippen LogP contribution in [-0.2, 0) is 18.4 Å². The van der Waals surface area contributed by atoms with E-state index in [4.69, 9.17) is 16.0 Å². The molecule has 0 aliphatic heterocycles. The van der Waals surface area contributed by atoms with E-state index >= 15 is 0 Å². The third kappa shape index (κ3) is 4.89. The Balaban J connectivity index is 1.36. The van der Waals surface area contributed by atoms with E-state index in [0.29, 0.717) is 16.7 Å². The van der Waals surface area contributed by atoms with Gasteiger partial charge in [0.25, 0.3) is 0 Å². The fourth-order valence-corrected chi connectivity index (χ4v) is 4.27. The standard InChI is InChI=1S/C24H23ClN4O2S/c1-16-6-4-5-7-20(16)23-26-27-24(29(23)3)32-15-22(30)28(2)14-19-12-13-21(31-19)17-8-10-18(25)11-9-17/h4-13H,14-15H2,1-3H3. The molecule has 0 spiro atoms. The average Bonchev–Trinajstić information content (AvgIpc) is 3.39. The number of amides is 1. The first kappa shape index (κ1) is 22.2. The Labute approximate surface area is 196 Å². The molecule has 2 aromatic heterocycles. The first-order valence-electron chi connectivity index (χ1n) is 10.1. The normalized spacial score (nSPS) is 11.0. The number of aryl methyl sites for hydroxylation is 1. The average molecular weight is 467 g/mol. The molecule has 164 valence electrons. The van der Waals surface area contributed by atoms with Crippen LogP contribution in [0.3, 0.4) is 0 Å². The third-order valence-corrected chi connectivity index (χ3v) is 6.41. The Hall–Kier alpha value is -3.03. The quantitative estimate of drug-likeness (QED) is 0.338. The van der Waals surface area contributed by atoms with Crippen molar-refractivity contribution in [3.8, 4) is 22.7 Å². The first-order chi connectivity index (χ1) is 15.4. The fourth-order valence-electron chi connectivity index (χ4n) is 3.29. The highest BCUT2D eigenvalue weighted by Crippen LogP contribution is 2.26. The zero-order valence-corrected chi connectivity index (χ0v) is 19.7. The molecule has 0 aliphatic rings. The number of thioether (sulfide) groups is 1. The van der Waals surface area contributed by atoms with Crippen molar-refractivity contribution in [1.29, 1.82) is 0 Å². The number of carbonyl (C=O) groups is 1. The zero-order chi connectivity index (χ0) is 22.7. The smallest absolute Gasteiger partial charge is 0.233 e. The van der Waals surface area contributed by atoms with Gasteiger partial charge in [0.2, 0.25) is 5.91 Å². The van der Waals surface area contributed by atoms with Crippen LogP contribution < -0.4 is 0 Å². The van der Waals surface area contributed by atoms with Crippen LogP contribution >= 0.6 is 23.4 Å². The number of hydrogen-bond donors (Lipinski definition) is 0. The summed E-state index contributed by atoms with van der Waals surface area (Å²) in [5.74, 6) is 2.50. The molecule has 4 rings (SSSR count). The number of furan rings is 1. The molecule has 6 nitrogen and oxygen atoms in total. The van der Waals surface area contributed by atoms with E-state index in [0.717, 1.165) is 34.0 Å². The molecule has 0 fully saturated rings. The van der Waals surface area contributed by atoms with Crippen molar-refractivity contribution in [2.75, 3.05) is 12.8 Å². The molecule has 2 aromatic carbocycles. The molecule has 0 saturated carbocycles. The minimum atomic E-state index is -0.0140. The number of hydrogen-bond acceptors (Lipinski definition) is 5. The van der Waals surface area contributed by atoms with Gasteiger partial charge in [0.15, 0.2) is 11.0 Å². The SMILES string of the molecule is Cc1ccccc1-c1nnc(SCC(=O)N(C)Cc2ccc(-c3ccc(Cl)cc3)o2)n1C. The lowest BCUT2D eigenvalue weighted by molar-refractivity contribution is -0.127. The van der Waals surface area contributed by atoms with E-state index in [2.05, 4.69) is 10.2 Å². The molecule has 0 saturated heterocycles. The topological polar surface area (TPSA) is 64.2 Å². The molecule has 2 heterocycles. The van der Waals surface area contributed by atoms with E-state index in [-0.39, 0.29) is 11.7 Å². The minimum Gasteiger partial charge on any atom is -0.459 e. The highest BCUT2D eigenvalue weighted by molar-refractivity contribution is 7.99. The molecule has 0 atom stereocenters. The lowest BCUT2D eigenvalue weighted by atomic mass is 10.1. The van der Waals surface area contributed by atoms with E-state index in [1.165, 1.54) is 11.8 Å². The van der Waals surface area contributed by atoms with Gasteiger partial charge in [-0.15, -0.1) is 10.2 Å². The molecule has 4 aromatic rings. The second kappa shape index (κ2) is 9.63. The van der Waals surface area contributed by atoms with Crippen LogP contribution in [0.2, 0.25) is 5.02 Å². The second-order valence-electron chi connectivity index (χ2n) is 7.49. The molecule has 0 radical (unpaired) electrons. The number of rotatable bonds is 7. The maximum Gasteiger partial charge on any atom is 0.233 e. The van der Waals surface area contributed by atoms with E-state index in [1.807, 2.05) is 79.2 Å². The van der Waals surface area contributed by atoms with E-state index in [1.54, 1.807) is 11.9 Å². The van der Waals surface area contributed by atoms with Crippen molar-refractivity contribution in [3.63, 3.8) is 0 Å². The third-order valence-electron chi connectivity index (χ3n) is 5.15. The predicted octanol–water partition coefficient (Wildman–Crippen LogP) is 5.45. The van der Waals surface area contributed by atoms with Crippen molar-refractivity contribution in [1.82, 2.24) is 19.7 Å². The van der Waals surface area contributed by atoms with Gasteiger partial charge in [0, 0.05) is 30.2 Å². The first-order valence-corrected chi connectivity index (χ1v) is 11.5. The highest BCUT2D eigenvalue weighted by Gasteiger charge is 2.17. The van der Waals surface area contributed by atoms with Crippen molar-refractivity contribution < 1.29 is 9.21 Å². The van der Waals surface area contributed by atoms with Crippen LogP contribution in [0.4, 0.5) is 0 Å². The predicted molar refractivity (Wildman–Crippen MR) is 128 cm³/mol. The van der Waals surface area contributed by atoms with Gasteiger partial charge in [-0.1, -0.05) is 47.6 Å². The van der Waals surface area contributed by atoms with Gasteiger partial charge in [-0.3, -0.25) is 4.79 Å². The summed E-state index contributed by atoms with van der Waals surface area (Å²) in [7, 11) is 3.68. The van der Waals surface area contributed by atoms with Crippen LogP contribution in [0.25, 0.3) is 22.7 Å². The molecule has 0 N–H and O–H groups in total. The summed E-state index contributed by atoms with van der Waals surface area (Å²) in [6.07, 6.45) is 0. The summed E-state index contributed by atoms with van der Waals surface area (Å²) in [5.41, 5.74) is 3.11. The summed E-state index contributed by atoms with van der Waals surface area (Å²) in [6, 6.07) is 19.3. The molecule has 32 heavy (non-hydrogen) atoms. The number of aromatic nitrogens is 3. The maximum absolute atomic E-state index is 12.7. The summed E-state index contributed by atoms with van der Waals surface area (Å²) in [6.45, 7) is 2.43. The summed E-state index contributed by atoms with van der Waals surface area (Å²) in [5, 5.41) is 9.97. The monoisotopic (exact) mass is 466 g/mol. The van der Waals surface area contributed by atoms with Gasteiger partial charge < -0.3 is 13.9 Å². The van der Waals surface area contributed by atoms with Crippen LogP contribution in [0.1, 0.15) is 11.3 Å². The molecule has 1 amide bonds. The van der Waals surface area contributed by atoms with Gasteiger partial charge in [0.1, 0.15) is 11.5 Å². The fraction of sp³-hybridized carbons (Fsp3) is 0.208. The van der Waals surface area contributed by atoms with Crippen molar-refractivity contribution >= 4 is 29.3 Å². The molecule has 0 unspecified atom stereocenters. The van der Waals surface area contributed by atoms with Crippen LogP contribution in [0.5, 0.6) is 0 Å². The maximum atomic E-state index is 12.7. The van der Waals surface area contributed by atoms with Gasteiger partial charge in [-0.25, -0.2) is 0 Å².